The summed E-state index contributed by atoms with van der Waals surface area (Å²) in [7, 11) is 0. The van der Waals surface area contributed by atoms with Gasteiger partial charge in [0.1, 0.15) is 11.8 Å². The Morgan fingerprint density at radius 2 is 2.18 bits per heavy atom. The largest absolute Gasteiger partial charge is 0.467 e. The molecule has 0 aliphatic carbocycles. The Bertz CT molecular complexity index is 378. The summed E-state index contributed by atoms with van der Waals surface area (Å²) in [5.74, 6) is 0.374. The minimum atomic E-state index is -0.631. The molecule has 5 nitrogen and oxygen atoms in total. The third kappa shape index (κ3) is 4.14. The SMILES string of the molecule is CC(=O)NC(CS)C(=O)NC(C)c1ccco1. The Morgan fingerprint density at radius 3 is 2.65 bits per heavy atom. The summed E-state index contributed by atoms with van der Waals surface area (Å²) in [5, 5.41) is 5.26. The molecular weight excluding hydrogens is 240 g/mol. The molecule has 0 radical (unpaired) electrons. The maximum atomic E-state index is 11.8. The first kappa shape index (κ1) is 13.6. The lowest BCUT2D eigenvalue weighted by molar-refractivity contribution is -0.128. The Kier molecular flexibility index (Phi) is 5.09. The second-order valence-electron chi connectivity index (χ2n) is 3.68. The molecule has 1 heterocycles. The summed E-state index contributed by atoms with van der Waals surface area (Å²) >= 11 is 4.03. The van der Waals surface area contributed by atoms with E-state index in [4.69, 9.17) is 4.42 Å². The molecule has 1 rings (SSSR count). The topological polar surface area (TPSA) is 71.3 Å². The highest BCUT2D eigenvalue weighted by molar-refractivity contribution is 7.80. The summed E-state index contributed by atoms with van der Waals surface area (Å²) in [6.45, 7) is 3.17. The van der Waals surface area contributed by atoms with Crippen molar-refractivity contribution in [3.8, 4) is 0 Å². The fourth-order valence-electron chi connectivity index (χ4n) is 1.36. The van der Waals surface area contributed by atoms with Gasteiger partial charge in [0.25, 0.3) is 0 Å². The van der Waals surface area contributed by atoms with E-state index < -0.39 is 6.04 Å². The van der Waals surface area contributed by atoms with E-state index in [1.807, 2.05) is 0 Å². The van der Waals surface area contributed by atoms with E-state index in [1.165, 1.54) is 6.92 Å². The lowest BCUT2D eigenvalue weighted by atomic mass is 10.2. The highest BCUT2D eigenvalue weighted by Crippen LogP contribution is 2.12. The Labute approximate surface area is 105 Å². The van der Waals surface area contributed by atoms with Crippen LogP contribution >= 0.6 is 12.6 Å². The van der Waals surface area contributed by atoms with Crippen molar-refractivity contribution in [1.82, 2.24) is 10.6 Å². The van der Waals surface area contributed by atoms with Crippen molar-refractivity contribution >= 4 is 24.4 Å². The third-order valence-corrected chi connectivity index (χ3v) is 2.57. The van der Waals surface area contributed by atoms with Crippen molar-refractivity contribution in [3.63, 3.8) is 0 Å². The van der Waals surface area contributed by atoms with Gasteiger partial charge in [-0.1, -0.05) is 0 Å². The van der Waals surface area contributed by atoms with Gasteiger partial charge in [-0.3, -0.25) is 9.59 Å². The Morgan fingerprint density at radius 1 is 1.47 bits per heavy atom. The molecule has 2 unspecified atom stereocenters. The van der Waals surface area contributed by atoms with Crippen LogP contribution in [0.2, 0.25) is 0 Å². The smallest absolute Gasteiger partial charge is 0.244 e. The van der Waals surface area contributed by atoms with Gasteiger partial charge in [-0.2, -0.15) is 12.6 Å². The molecule has 2 amide bonds. The number of thiol groups is 1. The van der Waals surface area contributed by atoms with Crippen LogP contribution in [0.25, 0.3) is 0 Å². The van der Waals surface area contributed by atoms with Crippen LogP contribution in [0.1, 0.15) is 25.6 Å². The maximum absolute atomic E-state index is 11.8. The van der Waals surface area contributed by atoms with Crippen LogP contribution in [-0.4, -0.2) is 23.6 Å². The predicted molar refractivity (Wildman–Crippen MR) is 66.7 cm³/mol. The van der Waals surface area contributed by atoms with Gasteiger partial charge < -0.3 is 15.1 Å². The molecule has 0 saturated heterocycles. The Hall–Kier alpha value is -1.43. The van der Waals surface area contributed by atoms with Gasteiger partial charge >= 0.3 is 0 Å². The van der Waals surface area contributed by atoms with E-state index in [0.29, 0.717) is 5.76 Å². The minimum Gasteiger partial charge on any atom is -0.467 e. The fraction of sp³-hybridized carbons (Fsp3) is 0.455. The number of carbonyl (C=O) groups is 2. The molecule has 0 bridgehead atoms. The first-order chi connectivity index (χ1) is 8.04. The van der Waals surface area contributed by atoms with Crippen molar-refractivity contribution in [2.45, 2.75) is 25.9 Å². The van der Waals surface area contributed by atoms with Crippen LogP contribution in [0.3, 0.4) is 0 Å². The zero-order valence-electron chi connectivity index (χ0n) is 9.77. The lowest BCUT2D eigenvalue weighted by Crippen LogP contribution is -2.47. The highest BCUT2D eigenvalue weighted by atomic mass is 32.1. The standard InChI is InChI=1S/C11H16N2O3S/c1-7(10-4-3-5-16-10)12-11(15)9(6-17)13-8(2)14/h3-5,7,9,17H,6H2,1-2H3,(H,12,15)(H,13,14). The van der Waals surface area contributed by atoms with Crippen LogP contribution in [-0.2, 0) is 9.59 Å². The monoisotopic (exact) mass is 256 g/mol. The molecule has 0 aliphatic rings. The summed E-state index contributed by atoms with van der Waals surface area (Å²) in [6.07, 6.45) is 1.54. The van der Waals surface area contributed by atoms with Crippen molar-refractivity contribution in [2.75, 3.05) is 5.75 Å². The van der Waals surface area contributed by atoms with Crippen molar-refractivity contribution in [1.29, 1.82) is 0 Å². The zero-order chi connectivity index (χ0) is 12.8. The van der Waals surface area contributed by atoms with Gasteiger partial charge in [0.05, 0.1) is 12.3 Å². The molecule has 2 atom stereocenters. The number of rotatable bonds is 5. The zero-order valence-corrected chi connectivity index (χ0v) is 10.7. The van der Waals surface area contributed by atoms with E-state index in [9.17, 15) is 9.59 Å². The lowest BCUT2D eigenvalue weighted by Gasteiger charge is -2.18. The van der Waals surface area contributed by atoms with E-state index in [2.05, 4.69) is 23.3 Å². The molecule has 0 aliphatic heterocycles. The quantitative estimate of drug-likeness (QED) is 0.685. The van der Waals surface area contributed by atoms with Crippen molar-refractivity contribution in [2.24, 2.45) is 0 Å². The average molecular weight is 256 g/mol. The van der Waals surface area contributed by atoms with Crippen LogP contribution in [0, 0.1) is 0 Å². The molecular formula is C11H16N2O3S. The van der Waals surface area contributed by atoms with Crippen LogP contribution in [0.4, 0.5) is 0 Å². The number of carbonyl (C=O) groups excluding carboxylic acids is 2. The van der Waals surface area contributed by atoms with Gasteiger partial charge in [-0.05, 0) is 19.1 Å². The number of amides is 2. The van der Waals surface area contributed by atoms with E-state index in [-0.39, 0.29) is 23.6 Å². The summed E-state index contributed by atoms with van der Waals surface area (Å²) in [6, 6.07) is 2.66. The molecule has 1 aromatic rings. The molecule has 0 fully saturated rings. The van der Waals surface area contributed by atoms with Crippen LogP contribution < -0.4 is 10.6 Å². The first-order valence-corrected chi connectivity index (χ1v) is 5.89. The van der Waals surface area contributed by atoms with Crippen LogP contribution in [0.15, 0.2) is 22.8 Å². The number of hydrogen-bond acceptors (Lipinski definition) is 4. The number of nitrogens with one attached hydrogen (secondary N) is 2. The molecule has 94 valence electrons. The number of hydrogen-bond donors (Lipinski definition) is 3. The van der Waals surface area contributed by atoms with E-state index in [1.54, 1.807) is 25.3 Å². The molecule has 0 saturated carbocycles. The summed E-state index contributed by atoms with van der Waals surface area (Å²) in [5.41, 5.74) is 0. The highest BCUT2D eigenvalue weighted by Gasteiger charge is 2.20. The molecule has 1 aromatic heterocycles. The van der Waals surface area contributed by atoms with E-state index in [0.717, 1.165) is 0 Å². The second-order valence-corrected chi connectivity index (χ2v) is 4.05. The molecule has 6 heteroatoms. The predicted octanol–water partition coefficient (Wildman–Crippen LogP) is 0.891. The maximum Gasteiger partial charge on any atom is 0.244 e. The molecule has 0 spiro atoms. The van der Waals surface area contributed by atoms with Crippen LogP contribution in [0.5, 0.6) is 0 Å². The van der Waals surface area contributed by atoms with Gasteiger partial charge in [-0.25, -0.2) is 0 Å². The third-order valence-electron chi connectivity index (χ3n) is 2.21. The molecule has 2 N–H and O–H groups in total. The molecule has 17 heavy (non-hydrogen) atoms. The van der Waals surface area contributed by atoms with Crippen molar-refractivity contribution in [3.05, 3.63) is 24.2 Å². The van der Waals surface area contributed by atoms with Gasteiger partial charge in [0.15, 0.2) is 0 Å². The van der Waals surface area contributed by atoms with Gasteiger partial charge in [-0.15, -0.1) is 0 Å². The first-order valence-electron chi connectivity index (χ1n) is 5.26. The van der Waals surface area contributed by atoms with Gasteiger partial charge in [0.2, 0.25) is 11.8 Å². The second kappa shape index (κ2) is 6.34. The normalized spacial score (nSPS) is 13.8. The Balaban J connectivity index is 2.55. The fourth-order valence-corrected chi connectivity index (χ4v) is 1.62. The van der Waals surface area contributed by atoms with Gasteiger partial charge in [0, 0.05) is 12.7 Å². The molecule has 0 aromatic carbocycles. The van der Waals surface area contributed by atoms with Crippen molar-refractivity contribution < 1.29 is 14.0 Å². The van der Waals surface area contributed by atoms with E-state index >= 15 is 0 Å². The summed E-state index contributed by atoms with van der Waals surface area (Å²) < 4.78 is 5.17. The number of furan rings is 1. The average Bonchev–Trinajstić information content (AvgIpc) is 2.78. The minimum absolute atomic E-state index is 0.242. The summed E-state index contributed by atoms with van der Waals surface area (Å²) in [4.78, 5) is 22.7.